The summed E-state index contributed by atoms with van der Waals surface area (Å²) in [6, 6.07) is 17.6. The van der Waals surface area contributed by atoms with Crippen LogP contribution in [0.15, 0.2) is 54.6 Å². The van der Waals surface area contributed by atoms with Crippen molar-refractivity contribution in [3.05, 3.63) is 76.9 Å². The van der Waals surface area contributed by atoms with Gasteiger partial charge in [-0.15, -0.1) is 10.2 Å². The first-order chi connectivity index (χ1) is 14.4. The molecule has 30 heavy (non-hydrogen) atoms. The lowest BCUT2D eigenvalue weighted by Crippen LogP contribution is -2.20. The Labute approximate surface area is 175 Å². The first kappa shape index (κ1) is 19.6. The Balaban J connectivity index is 1.49. The largest absolute Gasteiger partial charge is 0.484 e. The normalized spacial score (nSPS) is 10.9. The lowest BCUT2D eigenvalue weighted by atomic mass is 10.1. The Morgan fingerprint density at radius 1 is 0.867 bits per heavy atom. The van der Waals surface area contributed by atoms with E-state index in [2.05, 4.69) is 15.5 Å². The molecule has 3 aromatic carbocycles. The van der Waals surface area contributed by atoms with Crippen molar-refractivity contribution in [2.45, 2.75) is 27.7 Å². The number of benzene rings is 3. The predicted molar refractivity (Wildman–Crippen MR) is 118 cm³/mol. The van der Waals surface area contributed by atoms with Crippen LogP contribution >= 0.6 is 0 Å². The zero-order valence-electron chi connectivity index (χ0n) is 17.6. The van der Waals surface area contributed by atoms with Crippen LogP contribution in [-0.4, -0.2) is 27.5 Å². The van der Waals surface area contributed by atoms with E-state index in [0.29, 0.717) is 17.0 Å². The van der Waals surface area contributed by atoms with E-state index >= 15 is 0 Å². The number of fused-ring (bicyclic) bond motifs is 1. The van der Waals surface area contributed by atoms with Crippen LogP contribution < -0.4 is 10.1 Å². The number of carbonyl (C=O) groups is 1. The quantitative estimate of drug-likeness (QED) is 0.528. The van der Waals surface area contributed by atoms with E-state index in [-0.39, 0.29) is 12.5 Å². The standard InChI is InChI=1S/C24H24N4O2/c1-15-5-8-19(9-6-15)28-26-22-12-18(4)21(13-23(22)27-28)25-24(29)14-30-20-10-7-16(2)17(3)11-20/h5-13H,14H2,1-4H3,(H,25,29). The van der Waals surface area contributed by atoms with Gasteiger partial charge >= 0.3 is 0 Å². The highest BCUT2D eigenvalue weighted by atomic mass is 16.5. The van der Waals surface area contributed by atoms with Crippen molar-refractivity contribution in [2.75, 3.05) is 11.9 Å². The van der Waals surface area contributed by atoms with Crippen LogP contribution in [0.1, 0.15) is 22.3 Å². The van der Waals surface area contributed by atoms with Gasteiger partial charge in [-0.1, -0.05) is 23.8 Å². The SMILES string of the molecule is Cc1ccc(-n2nc3cc(C)c(NC(=O)COc4ccc(C)c(C)c4)cc3n2)cc1. The van der Waals surface area contributed by atoms with Gasteiger partial charge in [-0.2, -0.15) is 4.80 Å². The Kier molecular flexibility index (Phi) is 5.23. The zero-order valence-corrected chi connectivity index (χ0v) is 17.6. The number of carbonyl (C=O) groups excluding carboxylic acids is 1. The molecular weight excluding hydrogens is 376 g/mol. The fourth-order valence-electron chi connectivity index (χ4n) is 3.14. The van der Waals surface area contributed by atoms with E-state index in [1.54, 1.807) is 4.80 Å². The average Bonchev–Trinajstić information content (AvgIpc) is 3.12. The molecule has 1 aromatic heterocycles. The smallest absolute Gasteiger partial charge is 0.262 e. The molecule has 0 atom stereocenters. The van der Waals surface area contributed by atoms with Crippen molar-refractivity contribution in [3.8, 4) is 11.4 Å². The van der Waals surface area contributed by atoms with Gasteiger partial charge in [0.25, 0.3) is 5.91 Å². The second-order valence-electron chi connectivity index (χ2n) is 7.56. The summed E-state index contributed by atoms with van der Waals surface area (Å²) in [6.45, 7) is 7.98. The third kappa shape index (κ3) is 4.17. The molecule has 1 heterocycles. The summed E-state index contributed by atoms with van der Waals surface area (Å²) < 4.78 is 5.63. The number of aromatic nitrogens is 3. The first-order valence-corrected chi connectivity index (χ1v) is 9.84. The van der Waals surface area contributed by atoms with Gasteiger partial charge in [-0.3, -0.25) is 4.79 Å². The number of nitrogens with one attached hydrogen (secondary N) is 1. The van der Waals surface area contributed by atoms with Crippen LogP contribution in [0.25, 0.3) is 16.7 Å². The van der Waals surface area contributed by atoms with Crippen molar-refractivity contribution in [2.24, 2.45) is 0 Å². The van der Waals surface area contributed by atoms with E-state index in [1.807, 2.05) is 82.3 Å². The fourth-order valence-corrected chi connectivity index (χ4v) is 3.14. The molecule has 4 aromatic rings. The van der Waals surface area contributed by atoms with Crippen molar-refractivity contribution in [3.63, 3.8) is 0 Å². The Morgan fingerprint density at radius 3 is 2.27 bits per heavy atom. The average molecular weight is 400 g/mol. The Hall–Kier alpha value is -3.67. The number of aryl methyl sites for hydroxylation is 4. The van der Waals surface area contributed by atoms with Crippen molar-refractivity contribution in [1.82, 2.24) is 15.0 Å². The van der Waals surface area contributed by atoms with Crippen molar-refractivity contribution >= 4 is 22.6 Å². The molecule has 0 saturated heterocycles. The minimum Gasteiger partial charge on any atom is -0.484 e. The van der Waals surface area contributed by atoms with Crippen LogP contribution in [-0.2, 0) is 4.79 Å². The molecule has 6 nitrogen and oxygen atoms in total. The maximum Gasteiger partial charge on any atom is 0.262 e. The summed E-state index contributed by atoms with van der Waals surface area (Å²) in [5.74, 6) is 0.461. The summed E-state index contributed by atoms with van der Waals surface area (Å²) >= 11 is 0. The van der Waals surface area contributed by atoms with Gasteiger partial charge in [0, 0.05) is 5.69 Å². The predicted octanol–water partition coefficient (Wildman–Crippen LogP) is 4.67. The monoisotopic (exact) mass is 400 g/mol. The molecule has 1 N–H and O–H groups in total. The second kappa shape index (κ2) is 7.99. The summed E-state index contributed by atoms with van der Waals surface area (Å²) in [6.07, 6.45) is 0. The maximum absolute atomic E-state index is 12.4. The molecule has 152 valence electrons. The highest BCUT2D eigenvalue weighted by molar-refractivity contribution is 5.95. The third-order valence-corrected chi connectivity index (χ3v) is 5.11. The van der Waals surface area contributed by atoms with Gasteiger partial charge < -0.3 is 10.1 Å². The van der Waals surface area contributed by atoms with Crippen LogP contribution in [0.3, 0.4) is 0 Å². The molecule has 0 spiro atoms. The summed E-state index contributed by atoms with van der Waals surface area (Å²) in [7, 11) is 0. The molecule has 0 radical (unpaired) electrons. The van der Waals surface area contributed by atoms with Gasteiger partial charge in [0.15, 0.2) is 6.61 Å². The molecule has 1 amide bonds. The van der Waals surface area contributed by atoms with Crippen molar-refractivity contribution < 1.29 is 9.53 Å². The van der Waals surface area contributed by atoms with E-state index in [9.17, 15) is 4.79 Å². The maximum atomic E-state index is 12.4. The molecule has 0 saturated carbocycles. The third-order valence-electron chi connectivity index (χ3n) is 5.11. The molecule has 4 rings (SSSR count). The second-order valence-corrected chi connectivity index (χ2v) is 7.56. The topological polar surface area (TPSA) is 69.0 Å². The molecule has 6 heteroatoms. The number of rotatable bonds is 5. The Morgan fingerprint density at radius 2 is 1.57 bits per heavy atom. The van der Waals surface area contributed by atoms with Gasteiger partial charge in [-0.25, -0.2) is 0 Å². The number of hydrogen-bond donors (Lipinski definition) is 1. The lowest BCUT2D eigenvalue weighted by Gasteiger charge is -2.10. The van der Waals surface area contributed by atoms with Gasteiger partial charge in [-0.05, 0) is 80.8 Å². The van der Waals surface area contributed by atoms with Crippen molar-refractivity contribution in [1.29, 1.82) is 0 Å². The minimum absolute atomic E-state index is 0.0595. The number of anilines is 1. The van der Waals surface area contributed by atoms with E-state index in [1.165, 1.54) is 11.1 Å². The van der Waals surface area contributed by atoms with E-state index in [0.717, 1.165) is 22.3 Å². The molecule has 0 fully saturated rings. The van der Waals surface area contributed by atoms with Crippen LogP contribution in [0, 0.1) is 27.7 Å². The Bertz CT molecular complexity index is 1230. The molecule has 0 aliphatic rings. The van der Waals surface area contributed by atoms with E-state index in [4.69, 9.17) is 4.74 Å². The lowest BCUT2D eigenvalue weighted by molar-refractivity contribution is -0.118. The molecule has 0 bridgehead atoms. The fraction of sp³-hybridized carbons (Fsp3) is 0.208. The summed E-state index contributed by atoms with van der Waals surface area (Å²) in [5, 5.41) is 12.0. The number of nitrogens with zero attached hydrogens (tertiary/aromatic N) is 3. The van der Waals surface area contributed by atoms with E-state index < -0.39 is 0 Å². The van der Waals surface area contributed by atoms with Gasteiger partial charge in [0.2, 0.25) is 0 Å². The highest BCUT2D eigenvalue weighted by Crippen LogP contribution is 2.22. The van der Waals surface area contributed by atoms with Gasteiger partial charge in [0.1, 0.15) is 16.8 Å². The number of hydrogen-bond acceptors (Lipinski definition) is 4. The number of ether oxygens (including phenoxy) is 1. The molecule has 0 aliphatic carbocycles. The summed E-state index contributed by atoms with van der Waals surface area (Å²) in [4.78, 5) is 14.0. The highest BCUT2D eigenvalue weighted by Gasteiger charge is 2.11. The van der Waals surface area contributed by atoms with Crippen LogP contribution in [0.2, 0.25) is 0 Å². The molecular formula is C24H24N4O2. The molecule has 0 unspecified atom stereocenters. The minimum atomic E-state index is -0.221. The first-order valence-electron chi connectivity index (χ1n) is 9.84. The summed E-state index contributed by atoms with van der Waals surface area (Å²) in [5.41, 5.74) is 7.50. The van der Waals surface area contributed by atoms with Gasteiger partial charge in [0.05, 0.1) is 5.69 Å². The number of amides is 1. The van der Waals surface area contributed by atoms with Crippen LogP contribution in [0.5, 0.6) is 5.75 Å². The molecule has 0 aliphatic heterocycles. The zero-order chi connectivity index (χ0) is 21.3. The van der Waals surface area contributed by atoms with Crippen LogP contribution in [0.4, 0.5) is 5.69 Å².